The fraction of sp³-hybridized carbons (Fsp3) is 0.533. The van der Waals surface area contributed by atoms with Gasteiger partial charge in [0.1, 0.15) is 0 Å². The first-order valence-electron chi connectivity index (χ1n) is 7.32. The number of hydrogen-bond acceptors (Lipinski definition) is 5. The lowest BCUT2D eigenvalue weighted by Crippen LogP contribution is -2.29. The highest BCUT2D eigenvalue weighted by atomic mass is 32.2. The maximum atomic E-state index is 10.4. The van der Waals surface area contributed by atoms with E-state index in [2.05, 4.69) is 26.7 Å². The first-order valence-corrected chi connectivity index (χ1v) is 8.31. The van der Waals surface area contributed by atoms with Gasteiger partial charge in [0.2, 0.25) is 0 Å². The Morgan fingerprint density at radius 1 is 1.24 bits per heavy atom. The zero-order valence-corrected chi connectivity index (χ0v) is 13.6. The second-order valence-corrected chi connectivity index (χ2v) is 5.95. The summed E-state index contributed by atoms with van der Waals surface area (Å²) in [6.07, 6.45) is 5.02. The molecule has 5 nitrogen and oxygen atoms in total. The Bertz CT molecular complexity index is 566. The summed E-state index contributed by atoms with van der Waals surface area (Å²) in [7, 11) is 0. The summed E-state index contributed by atoms with van der Waals surface area (Å²) in [4.78, 5) is 4.13. The van der Waals surface area contributed by atoms with Crippen molar-refractivity contribution in [2.45, 2.75) is 50.9 Å². The van der Waals surface area contributed by atoms with Gasteiger partial charge in [-0.2, -0.15) is 0 Å². The summed E-state index contributed by atoms with van der Waals surface area (Å²) in [5.41, 5.74) is 0.323. The van der Waals surface area contributed by atoms with E-state index < -0.39 is 5.60 Å². The Hall–Kier alpha value is -1.40. The minimum Gasteiger partial charge on any atom is -0.389 e. The van der Waals surface area contributed by atoms with Crippen LogP contribution in [0, 0.1) is 0 Å². The third kappa shape index (κ3) is 3.63. The molecule has 0 radical (unpaired) electrons. The summed E-state index contributed by atoms with van der Waals surface area (Å²) in [5.74, 6) is 1.45. The van der Waals surface area contributed by atoms with Crippen molar-refractivity contribution in [3.05, 3.63) is 24.5 Å². The molecule has 0 spiro atoms. The molecule has 0 aliphatic heterocycles. The molecule has 0 amide bonds. The number of nitrogens with zero attached hydrogens (tertiary/aromatic N) is 4. The third-order valence-corrected chi connectivity index (χ3v) is 4.98. The lowest BCUT2D eigenvalue weighted by Gasteiger charge is -2.24. The average Bonchev–Trinajstić information content (AvgIpc) is 2.96. The second-order valence-electron chi connectivity index (χ2n) is 5.01. The molecule has 0 aliphatic carbocycles. The van der Waals surface area contributed by atoms with Crippen LogP contribution in [0.25, 0.3) is 11.4 Å². The second kappa shape index (κ2) is 7.04. The highest BCUT2D eigenvalue weighted by Gasteiger charge is 2.24. The molecule has 0 aliphatic rings. The molecule has 2 rings (SSSR count). The Morgan fingerprint density at radius 3 is 2.57 bits per heavy atom. The van der Waals surface area contributed by atoms with E-state index in [1.165, 1.54) is 0 Å². The molecule has 0 saturated heterocycles. The molecule has 0 fully saturated rings. The van der Waals surface area contributed by atoms with Crippen LogP contribution in [-0.4, -0.2) is 36.2 Å². The minimum atomic E-state index is -0.635. The van der Waals surface area contributed by atoms with Gasteiger partial charge in [0.15, 0.2) is 11.0 Å². The van der Waals surface area contributed by atoms with Crippen LogP contribution in [-0.2, 0) is 6.54 Å². The van der Waals surface area contributed by atoms with E-state index in [0.29, 0.717) is 5.75 Å². The van der Waals surface area contributed by atoms with E-state index in [9.17, 15) is 5.11 Å². The predicted molar refractivity (Wildman–Crippen MR) is 85.2 cm³/mol. The van der Waals surface area contributed by atoms with Crippen LogP contribution >= 0.6 is 11.8 Å². The number of thioether (sulfide) groups is 1. The number of aromatic nitrogens is 4. The van der Waals surface area contributed by atoms with Gasteiger partial charge in [0, 0.05) is 30.3 Å². The Labute approximate surface area is 129 Å². The number of aliphatic hydroxyl groups is 1. The molecule has 0 bridgehead atoms. The van der Waals surface area contributed by atoms with E-state index >= 15 is 0 Å². The smallest absolute Gasteiger partial charge is 0.191 e. The van der Waals surface area contributed by atoms with E-state index in [1.54, 1.807) is 24.2 Å². The summed E-state index contributed by atoms with van der Waals surface area (Å²) in [6, 6.07) is 3.87. The maximum Gasteiger partial charge on any atom is 0.191 e. The zero-order chi connectivity index (χ0) is 15.3. The number of rotatable bonds is 7. The highest BCUT2D eigenvalue weighted by molar-refractivity contribution is 7.99. The zero-order valence-electron chi connectivity index (χ0n) is 12.8. The van der Waals surface area contributed by atoms with Gasteiger partial charge < -0.3 is 9.67 Å². The van der Waals surface area contributed by atoms with E-state index in [-0.39, 0.29) is 0 Å². The topological polar surface area (TPSA) is 63.8 Å². The third-order valence-electron chi connectivity index (χ3n) is 3.74. The molecule has 6 heteroatoms. The maximum absolute atomic E-state index is 10.4. The van der Waals surface area contributed by atoms with Crippen LogP contribution in [0.2, 0.25) is 0 Å². The van der Waals surface area contributed by atoms with Crippen molar-refractivity contribution in [3.8, 4) is 11.4 Å². The van der Waals surface area contributed by atoms with Gasteiger partial charge in [-0.3, -0.25) is 4.98 Å². The van der Waals surface area contributed by atoms with E-state index in [4.69, 9.17) is 0 Å². The number of hydrogen-bond donors (Lipinski definition) is 1. The summed E-state index contributed by atoms with van der Waals surface area (Å²) in [5, 5.41) is 19.8. The van der Waals surface area contributed by atoms with Gasteiger partial charge in [-0.25, -0.2) is 0 Å². The average molecular weight is 306 g/mol. The molecule has 21 heavy (non-hydrogen) atoms. The van der Waals surface area contributed by atoms with Gasteiger partial charge >= 0.3 is 0 Å². The molecule has 2 heterocycles. The molecule has 2 aromatic heterocycles. The molecule has 2 aromatic rings. The Balaban J connectivity index is 2.21. The molecule has 0 unspecified atom stereocenters. The first kappa shape index (κ1) is 16.0. The normalized spacial score (nSPS) is 11.8. The van der Waals surface area contributed by atoms with Crippen molar-refractivity contribution in [1.29, 1.82) is 0 Å². The predicted octanol–water partition coefficient (Wildman–Crippen LogP) is 3.00. The molecule has 0 atom stereocenters. The number of pyridine rings is 1. The van der Waals surface area contributed by atoms with Crippen molar-refractivity contribution in [2.24, 2.45) is 0 Å². The van der Waals surface area contributed by atoms with Crippen molar-refractivity contribution in [1.82, 2.24) is 19.7 Å². The Morgan fingerprint density at radius 2 is 2.00 bits per heavy atom. The van der Waals surface area contributed by atoms with Gasteiger partial charge in [-0.05, 0) is 31.9 Å². The van der Waals surface area contributed by atoms with Crippen LogP contribution in [0.15, 0.2) is 29.7 Å². The standard InChI is InChI=1S/C15H22N4OS/c1-4-15(20,5-2)11-21-14-18-17-13(19(14)6-3)12-8-7-9-16-10-12/h7-10,20H,4-6,11H2,1-3H3. The van der Waals surface area contributed by atoms with Crippen molar-refractivity contribution in [3.63, 3.8) is 0 Å². The first-order chi connectivity index (χ1) is 10.1. The van der Waals surface area contributed by atoms with E-state index in [1.807, 2.05) is 26.0 Å². The molecule has 1 N–H and O–H groups in total. The Kier molecular flexibility index (Phi) is 5.36. The highest BCUT2D eigenvalue weighted by Crippen LogP contribution is 2.28. The summed E-state index contributed by atoms with van der Waals surface area (Å²) < 4.78 is 2.06. The lowest BCUT2D eigenvalue weighted by atomic mass is 10.0. The quantitative estimate of drug-likeness (QED) is 0.797. The monoisotopic (exact) mass is 306 g/mol. The van der Waals surface area contributed by atoms with Gasteiger partial charge in [-0.15, -0.1) is 10.2 Å². The molecule has 114 valence electrons. The molecule has 0 aromatic carbocycles. The summed E-state index contributed by atoms with van der Waals surface area (Å²) >= 11 is 1.56. The van der Waals surface area contributed by atoms with Crippen molar-refractivity contribution >= 4 is 11.8 Å². The molecular weight excluding hydrogens is 284 g/mol. The van der Waals surface area contributed by atoms with Gasteiger partial charge in [0.25, 0.3) is 0 Å². The van der Waals surface area contributed by atoms with Crippen LogP contribution in [0.4, 0.5) is 0 Å². The van der Waals surface area contributed by atoms with Gasteiger partial charge in [0.05, 0.1) is 5.60 Å². The van der Waals surface area contributed by atoms with Crippen molar-refractivity contribution < 1.29 is 5.11 Å². The fourth-order valence-electron chi connectivity index (χ4n) is 2.04. The van der Waals surface area contributed by atoms with Gasteiger partial charge in [-0.1, -0.05) is 25.6 Å². The van der Waals surface area contributed by atoms with Crippen LogP contribution in [0.3, 0.4) is 0 Å². The van der Waals surface area contributed by atoms with Crippen LogP contribution in [0.1, 0.15) is 33.6 Å². The lowest BCUT2D eigenvalue weighted by molar-refractivity contribution is 0.0571. The molecule has 0 saturated carbocycles. The van der Waals surface area contributed by atoms with E-state index in [0.717, 1.165) is 35.9 Å². The molecular formula is C15H22N4OS. The fourth-order valence-corrected chi connectivity index (χ4v) is 3.32. The largest absolute Gasteiger partial charge is 0.389 e. The van der Waals surface area contributed by atoms with Crippen molar-refractivity contribution in [2.75, 3.05) is 5.75 Å². The van der Waals surface area contributed by atoms with Crippen LogP contribution < -0.4 is 0 Å². The van der Waals surface area contributed by atoms with Crippen LogP contribution in [0.5, 0.6) is 0 Å². The SMILES string of the molecule is CCn1c(SCC(O)(CC)CC)nnc1-c1cccnc1. The summed E-state index contributed by atoms with van der Waals surface area (Å²) in [6.45, 7) is 6.88. The minimum absolute atomic E-state index is 0.630.